The number of carbonyl (C=O) groups excluding carboxylic acids is 2. The average molecular weight is 448 g/mol. The molecular weight excluding hydrogens is 418 g/mol. The molecule has 0 radical (unpaired) electrons. The van der Waals surface area contributed by atoms with Crippen LogP contribution in [-0.4, -0.2) is 30.3 Å². The molecule has 4 rings (SSSR count). The van der Waals surface area contributed by atoms with Crippen molar-refractivity contribution in [3.63, 3.8) is 0 Å². The molecule has 1 aliphatic rings. The molecule has 1 unspecified atom stereocenters. The van der Waals surface area contributed by atoms with Gasteiger partial charge in [0, 0.05) is 6.42 Å². The number of hydrogen-bond donors (Lipinski definition) is 1. The van der Waals surface area contributed by atoms with E-state index in [0.717, 1.165) is 27.6 Å². The highest BCUT2D eigenvalue weighted by atomic mass is 16.6. The molecule has 3 aromatic rings. The number of aryl methyl sites for hydroxylation is 1. The maximum atomic E-state index is 12.8. The van der Waals surface area contributed by atoms with E-state index in [4.69, 9.17) is 14.2 Å². The molecule has 1 atom stereocenters. The zero-order valence-electron chi connectivity index (χ0n) is 19.4. The van der Waals surface area contributed by atoms with Gasteiger partial charge in [-0.25, -0.2) is 9.59 Å². The van der Waals surface area contributed by atoms with Crippen LogP contribution in [0.1, 0.15) is 38.3 Å². The summed E-state index contributed by atoms with van der Waals surface area (Å²) >= 11 is 0. The van der Waals surface area contributed by atoms with Crippen molar-refractivity contribution < 1.29 is 23.8 Å². The number of nitrogens with one attached hydrogen (secondary N) is 1. The van der Waals surface area contributed by atoms with Crippen LogP contribution in [-0.2, 0) is 27.1 Å². The third-order valence-electron chi connectivity index (χ3n) is 5.76. The Labute approximate surface area is 193 Å². The van der Waals surface area contributed by atoms with Crippen LogP contribution >= 0.6 is 0 Å². The summed E-state index contributed by atoms with van der Waals surface area (Å²) in [6.45, 7) is 5.35. The molecule has 0 aromatic heterocycles. The van der Waals surface area contributed by atoms with Crippen molar-refractivity contribution in [2.75, 3.05) is 7.11 Å². The minimum Gasteiger partial charge on any atom is -0.467 e. The van der Waals surface area contributed by atoms with E-state index in [1.807, 2.05) is 54.6 Å². The minimum atomic E-state index is -1.19. The number of esters is 1. The van der Waals surface area contributed by atoms with Gasteiger partial charge in [-0.1, -0.05) is 36.4 Å². The summed E-state index contributed by atoms with van der Waals surface area (Å²) in [4.78, 5) is 25.3. The maximum absolute atomic E-state index is 12.8. The number of amides is 1. The fraction of sp³-hybridized carbons (Fsp3) is 0.333. The highest BCUT2D eigenvalue weighted by molar-refractivity contribution is 5.87. The van der Waals surface area contributed by atoms with E-state index in [1.165, 1.54) is 7.11 Å². The first-order valence-corrected chi connectivity index (χ1v) is 11.1. The van der Waals surface area contributed by atoms with Gasteiger partial charge in [0.05, 0.1) is 7.11 Å². The summed E-state index contributed by atoms with van der Waals surface area (Å²) in [7, 11) is 1.33. The Morgan fingerprint density at radius 1 is 0.909 bits per heavy atom. The molecule has 1 aliphatic carbocycles. The van der Waals surface area contributed by atoms with E-state index in [2.05, 4.69) is 11.4 Å². The van der Waals surface area contributed by atoms with Gasteiger partial charge >= 0.3 is 12.1 Å². The van der Waals surface area contributed by atoms with E-state index < -0.39 is 23.2 Å². The Hall–Kier alpha value is -3.54. The van der Waals surface area contributed by atoms with Gasteiger partial charge < -0.3 is 19.5 Å². The number of fused-ring (bicyclic) bond motifs is 2. The summed E-state index contributed by atoms with van der Waals surface area (Å²) in [6, 6.07) is 19.9. The van der Waals surface area contributed by atoms with Gasteiger partial charge in [0.2, 0.25) is 0 Å². The van der Waals surface area contributed by atoms with E-state index in [0.29, 0.717) is 25.0 Å². The first-order chi connectivity index (χ1) is 15.7. The fourth-order valence-electron chi connectivity index (χ4n) is 4.23. The molecule has 0 aliphatic heterocycles. The Kier molecular flexibility index (Phi) is 6.02. The van der Waals surface area contributed by atoms with Crippen LogP contribution in [0.3, 0.4) is 0 Å². The lowest BCUT2D eigenvalue weighted by Crippen LogP contribution is -2.59. The highest BCUT2D eigenvalue weighted by Gasteiger charge is 2.44. The zero-order valence-corrected chi connectivity index (χ0v) is 19.4. The van der Waals surface area contributed by atoms with Crippen LogP contribution in [0.25, 0.3) is 10.8 Å². The molecule has 0 bridgehead atoms. The molecule has 0 saturated heterocycles. The first kappa shape index (κ1) is 22.6. The molecule has 6 nitrogen and oxygen atoms in total. The minimum absolute atomic E-state index is 0.295. The lowest BCUT2D eigenvalue weighted by molar-refractivity contribution is -0.149. The van der Waals surface area contributed by atoms with Crippen molar-refractivity contribution in [1.29, 1.82) is 0 Å². The van der Waals surface area contributed by atoms with Gasteiger partial charge in [-0.2, -0.15) is 0 Å². The van der Waals surface area contributed by atoms with Crippen LogP contribution in [0.2, 0.25) is 0 Å². The Morgan fingerprint density at radius 3 is 2.33 bits per heavy atom. The van der Waals surface area contributed by atoms with Crippen molar-refractivity contribution in [3.05, 3.63) is 71.8 Å². The van der Waals surface area contributed by atoms with Gasteiger partial charge in [0.25, 0.3) is 0 Å². The number of methoxy groups -OCH3 is 1. The molecule has 0 fully saturated rings. The summed E-state index contributed by atoms with van der Waals surface area (Å²) in [5, 5.41) is 5.03. The molecule has 172 valence electrons. The van der Waals surface area contributed by atoms with Crippen molar-refractivity contribution in [3.8, 4) is 11.5 Å². The van der Waals surface area contributed by atoms with E-state index in [-0.39, 0.29) is 0 Å². The monoisotopic (exact) mass is 447 g/mol. The summed E-state index contributed by atoms with van der Waals surface area (Å²) < 4.78 is 16.6. The molecule has 3 aromatic carbocycles. The molecular formula is C27H29NO5. The number of alkyl carbamates (subject to hydrolysis) is 1. The summed E-state index contributed by atoms with van der Waals surface area (Å²) in [5.41, 5.74) is 0.188. The van der Waals surface area contributed by atoms with Crippen LogP contribution in [0.5, 0.6) is 11.5 Å². The second kappa shape index (κ2) is 8.77. The number of hydrogen-bond acceptors (Lipinski definition) is 5. The third kappa shape index (κ3) is 5.11. The highest BCUT2D eigenvalue weighted by Crippen LogP contribution is 2.34. The van der Waals surface area contributed by atoms with Gasteiger partial charge in [-0.15, -0.1) is 0 Å². The molecule has 0 heterocycles. The fourth-order valence-corrected chi connectivity index (χ4v) is 4.23. The quantitative estimate of drug-likeness (QED) is 0.530. The van der Waals surface area contributed by atoms with Crippen molar-refractivity contribution in [2.24, 2.45) is 0 Å². The maximum Gasteiger partial charge on any atom is 0.408 e. The lowest BCUT2D eigenvalue weighted by atomic mass is 9.78. The average Bonchev–Trinajstić information content (AvgIpc) is 2.76. The topological polar surface area (TPSA) is 73.9 Å². The molecule has 33 heavy (non-hydrogen) atoms. The Morgan fingerprint density at radius 2 is 1.61 bits per heavy atom. The van der Waals surface area contributed by atoms with Gasteiger partial charge in [-0.05, 0) is 79.8 Å². The van der Waals surface area contributed by atoms with Gasteiger partial charge in [-0.3, -0.25) is 0 Å². The van der Waals surface area contributed by atoms with E-state index in [1.54, 1.807) is 20.8 Å². The van der Waals surface area contributed by atoms with Gasteiger partial charge in [0.15, 0.2) is 0 Å². The molecule has 1 amide bonds. The van der Waals surface area contributed by atoms with Crippen LogP contribution < -0.4 is 10.1 Å². The zero-order chi connectivity index (χ0) is 23.6. The first-order valence-electron chi connectivity index (χ1n) is 11.1. The second-order valence-electron chi connectivity index (χ2n) is 9.42. The molecule has 1 N–H and O–H groups in total. The number of rotatable bonds is 4. The summed E-state index contributed by atoms with van der Waals surface area (Å²) in [5.74, 6) is 0.914. The number of ether oxygens (including phenoxy) is 3. The molecule has 0 saturated carbocycles. The largest absolute Gasteiger partial charge is 0.467 e. The Balaban J connectivity index is 1.58. The Bertz CT molecular complexity index is 1200. The van der Waals surface area contributed by atoms with Crippen LogP contribution in [0.15, 0.2) is 60.7 Å². The van der Waals surface area contributed by atoms with Gasteiger partial charge in [0.1, 0.15) is 22.6 Å². The number of benzene rings is 3. The van der Waals surface area contributed by atoms with Crippen molar-refractivity contribution in [2.45, 2.75) is 51.2 Å². The predicted molar refractivity (Wildman–Crippen MR) is 127 cm³/mol. The van der Waals surface area contributed by atoms with E-state index in [9.17, 15) is 9.59 Å². The van der Waals surface area contributed by atoms with Crippen LogP contribution in [0, 0.1) is 0 Å². The molecule has 6 heteroatoms. The van der Waals surface area contributed by atoms with Crippen LogP contribution in [0.4, 0.5) is 4.79 Å². The summed E-state index contributed by atoms with van der Waals surface area (Å²) in [6.07, 6.45) is 0.705. The van der Waals surface area contributed by atoms with E-state index >= 15 is 0 Å². The van der Waals surface area contributed by atoms with Crippen molar-refractivity contribution in [1.82, 2.24) is 5.32 Å². The lowest BCUT2D eigenvalue weighted by Gasteiger charge is -2.36. The SMILES string of the molecule is COC(=O)C1(NC(=O)OC(C)(C)C)CCc2ccc(Oc3ccc4ccccc4c3)cc2C1. The second-order valence-corrected chi connectivity index (χ2v) is 9.42. The third-order valence-corrected chi connectivity index (χ3v) is 5.76. The predicted octanol–water partition coefficient (Wildman–Crippen LogP) is 5.56. The standard InChI is InChI=1S/C27H29NO5/c1-26(2,3)33-25(30)28-27(24(29)31-4)14-13-19-10-12-23(16-21(19)17-27)32-22-11-9-18-7-5-6-8-20(18)15-22/h5-12,15-16H,13-14,17H2,1-4H3,(H,28,30). The molecule has 0 spiro atoms. The number of carbonyl (C=O) groups is 2. The smallest absolute Gasteiger partial charge is 0.408 e. The van der Waals surface area contributed by atoms with Crippen molar-refractivity contribution >= 4 is 22.8 Å². The normalized spacial score (nSPS) is 17.7.